The summed E-state index contributed by atoms with van der Waals surface area (Å²) in [6.07, 6.45) is 5.75. The third-order valence-electron chi connectivity index (χ3n) is 6.38. The van der Waals surface area contributed by atoms with Crippen LogP contribution in [0, 0.1) is 23.2 Å². The van der Waals surface area contributed by atoms with Crippen LogP contribution in [0.3, 0.4) is 0 Å². The Hall–Kier alpha value is -1.48. The highest BCUT2D eigenvalue weighted by Crippen LogP contribution is 2.61. The average molecular weight is 389 g/mol. The summed E-state index contributed by atoms with van der Waals surface area (Å²) >= 11 is 6.89. The normalized spacial score (nSPS) is 31.7. The zero-order valence-electron chi connectivity index (χ0n) is 16.7. The molecule has 4 aliphatic carbocycles. The van der Waals surface area contributed by atoms with E-state index in [1.807, 2.05) is 45.0 Å². The minimum absolute atomic E-state index is 0.00292. The van der Waals surface area contributed by atoms with Crippen molar-refractivity contribution < 1.29 is 14.3 Å². The van der Waals surface area contributed by atoms with Gasteiger partial charge >= 0.3 is 5.97 Å². The molecule has 0 aliphatic heterocycles. The molecule has 4 saturated carbocycles. The lowest BCUT2D eigenvalue weighted by Crippen LogP contribution is -2.48. The van der Waals surface area contributed by atoms with Gasteiger partial charge in [-0.2, -0.15) is 0 Å². The first-order valence-electron chi connectivity index (χ1n) is 9.98. The number of halogens is 1. The molecule has 0 saturated heterocycles. The lowest BCUT2D eigenvalue weighted by Gasteiger charge is -2.55. The lowest BCUT2D eigenvalue weighted by molar-refractivity contribution is -0.142. The van der Waals surface area contributed by atoms with Crippen molar-refractivity contribution in [2.75, 3.05) is 7.11 Å². The van der Waals surface area contributed by atoms with Crippen LogP contribution in [0.2, 0.25) is 0 Å². The number of hydrogen-bond donors (Lipinski definition) is 0. The van der Waals surface area contributed by atoms with Gasteiger partial charge < -0.3 is 9.47 Å². The smallest absolute Gasteiger partial charge is 0.316 e. The Kier molecular flexibility index (Phi) is 4.57. The van der Waals surface area contributed by atoms with E-state index in [-0.39, 0.29) is 10.8 Å². The first kappa shape index (κ1) is 18.9. The molecular formula is C23H29ClO3. The molecule has 0 amide bonds. The SMILES string of the molecule is COC(=C1C2CC3CC1CC(Cl)(C3)C2)c1cccc(OC(=O)C(C)(C)C)c1. The van der Waals surface area contributed by atoms with Crippen LogP contribution < -0.4 is 4.74 Å². The molecule has 0 aromatic heterocycles. The van der Waals surface area contributed by atoms with Crippen LogP contribution in [0.25, 0.3) is 5.76 Å². The van der Waals surface area contributed by atoms with Crippen LogP contribution in [0.1, 0.15) is 58.4 Å². The van der Waals surface area contributed by atoms with Gasteiger partial charge in [-0.05, 0) is 88.3 Å². The number of ether oxygens (including phenoxy) is 2. The van der Waals surface area contributed by atoms with Crippen LogP contribution in [0.5, 0.6) is 5.75 Å². The second-order valence-corrected chi connectivity index (χ2v) is 10.5. The van der Waals surface area contributed by atoms with Gasteiger partial charge in [0.1, 0.15) is 11.5 Å². The summed E-state index contributed by atoms with van der Waals surface area (Å²) in [4.78, 5) is 12.2. The zero-order valence-corrected chi connectivity index (χ0v) is 17.4. The van der Waals surface area contributed by atoms with Gasteiger partial charge in [0.15, 0.2) is 0 Å². The van der Waals surface area contributed by atoms with Crippen molar-refractivity contribution in [2.24, 2.45) is 23.2 Å². The van der Waals surface area contributed by atoms with E-state index >= 15 is 0 Å². The summed E-state index contributed by atoms with van der Waals surface area (Å²) in [6, 6.07) is 7.73. The van der Waals surface area contributed by atoms with Gasteiger partial charge in [-0.25, -0.2) is 0 Å². The van der Waals surface area contributed by atoms with Gasteiger partial charge in [0.05, 0.1) is 12.5 Å². The predicted octanol–water partition coefficient (Wildman–Crippen LogP) is 5.81. The Bertz CT molecular complexity index is 771. The van der Waals surface area contributed by atoms with Crippen molar-refractivity contribution >= 4 is 23.3 Å². The number of alkyl halides is 1. The number of hydrogen-bond acceptors (Lipinski definition) is 3. The molecule has 5 rings (SSSR count). The van der Waals surface area contributed by atoms with Gasteiger partial charge in [0.25, 0.3) is 0 Å². The third kappa shape index (κ3) is 3.51. The maximum atomic E-state index is 12.2. The summed E-state index contributed by atoms with van der Waals surface area (Å²) < 4.78 is 11.5. The molecule has 0 heterocycles. The van der Waals surface area contributed by atoms with Gasteiger partial charge in [-0.1, -0.05) is 12.1 Å². The number of benzene rings is 1. The molecule has 4 aliphatic rings. The topological polar surface area (TPSA) is 35.5 Å². The number of carbonyl (C=O) groups excluding carboxylic acids is 1. The Morgan fingerprint density at radius 3 is 2.37 bits per heavy atom. The standard InChI is InChI=1S/C23H29ClO3/c1-22(2,3)21(25)27-18-7-5-6-15(10-18)20(26-4)19-16-8-14-9-17(19)13-23(24,11-14)12-16/h5-7,10,14,16-17H,8-9,11-13H2,1-4H3. The highest BCUT2D eigenvalue weighted by molar-refractivity contribution is 6.24. The maximum absolute atomic E-state index is 12.2. The molecule has 1 aromatic rings. The zero-order chi connectivity index (χ0) is 19.4. The number of rotatable bonds is 3. The van der Waals surface area contributed by atoms with E-state index in [2.05, 4.69) is 0 Å². The van der Waals surface area contributed by atoms with Crippen LogP contribution in [0.15, 0.2) is 29.8 Å². The van der Waals surface area contributed by atoms with E-state index in [1.165, 1.54) is 24.8 Å². The van der Waals surface area contributed by atoms with Crippen molar-refractivity contribution in [3.8, 4) is 5.75 Å². The van der Waals surface area contributed by atoms with E-state index < -0.39 is 5.41 Å². The molecule has 27 heavy (non-hydrogen) atoms. The number of carbonyl (C=O) groups is 1. The molecule has 0 spiro atoms. The quantitative estimate of drug-likeness (QED) is 0.283. The molecule has 4 heteroatoms. The first-order valence-corrected chi connectivity index (χ1v) is 10.4. The minimum Gasteiger partial charge on any atom is -0.496 e. The minimum atomic E-state index is -0.533. The molecular weight excluding hydrogens is 360 g/mol. The summed E-state index contributed by atoms with van der Waals surface area (Å²) in [7, 11) is 1.75. The lowest BCUT2D eigenvalue weighted by atomic mass is 9.53. The number of esters is 1. The van der Waals surface area contributed by atoms with Gasteiger partial charge in [-0.3, -0.25) is 4.79 Å². The average Bonchev–Trinajstić information content (AvgIpc) is 2.56. The van der Waals surface area contributed by atoms with E-state index in [1.54, 1.807) is 7.11 Å². The fourth-order valence-electron chi connectivity index (χ4n) is 5.43. The van der Waals surface area contributed by atoms with Crippen LogP contribution >= 0.6 is 11.6 Å². The fraction of sp³-hybridized carbons (Fsp3) is 0.609. The number of methoxy groups -OCH3 is 1. The molecule has 146 valence electrons. The van der Waals surface area contributed by atoms with Gasteiger partial charge in [0.2, 0.25) is 0 Å². The summed E-state index contributed by atoms with van der Waals surface area (Å²) in [6.45, 7) is 5.58. The summed E-state index contributed by atoms with van der Waals surface area (Å²) in [5.74, 6) is 3.10. The van der Waals surface area contributed by atoms with Gasteiger partial charge in [0, 0.05) is 10.4 Å². The van der Waals surface area contributed by atoms with E-state index in [9.17, 15) is 4.79 Å². The third-order valence-corrected chi connectivity index (χ3v) is 6.84. The van der Waals surface area contributed by atoms with Crippen LogP contribution in [-0.2, 0) is 9.53 Å². The van der Waals surface area contributed by atoms with Crippen LogP contribution in [0.4, 0.5) is 0 Å². The fourth-order valence-corrected chi connectivity index (χ4v) is 6.02. The summed E-state index contributed by atoms with van der Waals surface area (Å²) in [5, 5.41) is 0. The Balaban J connectivity index is 1.67. The maximum Gasteiger partial charge on any atom is 0.316 e. The van der Waals surface area contributed by atoms with Crippen molar-refractivity contribution in [1.29, 1.82) is 0 Å². The van der Waals surface area contributed by atoms with E-state index in [0.717, 1.165) is 30.1 Å². The summed E-state index contributed by atoms with van der Waals surface area (Å²) in [5.41, 5.74) is 1.89. The largest absolute Gasteiger partial charge is 0.496 e. The van der Waals surface area contributed by atoms with Crippen molar-refractivity contribution in [1.82, 2.24) is 0 Å². The Morgan fingerprint density at radius 2 is 1.81 bits per heavy atom. The molecule has 2 unspecified atom stereocenters. The van der Waals surface area contributed by atoms with Crippen LogP contribution in [-0.4, -0.2) is 18.0 Å². The van der Waals surface area contributed by atoms with E-state index in [0.29, 0.717) is 17.6 Å². The molecule has 4 bridgehead atoms. The van der Waals surface area contributed by atoms with Crippen molar-refractivity contribution in [3.63, 3.8) is 0 Å². The second-order valence-electron chi connectivity index (χ2n) is 9.65. The highest BCUT2D eigenvalue weighted by Gasteiger charge is 2.53. The molecule has 3 nitrogen and oxygen atoms in total. The van der Waals surface area contributed by atoms with Crippen molar-refractivity contribution in [2.45, 2.75) is 57.7 Å². The molecule has 0 radical (unpaired) electrons. The highest BCUT2D eigenvalue weighted by atomic mass is 35.5. The first-order chi connectivity index (χ1) is 12.7. The van der Waals surface area contributed by atoms with Gasteiger partial charge in [-0.15, -0.1) is 11.6 Å². The van der Waals surface area contributed by atoms with Crippen molar-refractivity contribution in [3.05, 3.63) is 35.4 Å². The monoisotopic (exact) mass is 388 g/mol. The predicted molar refractivity (Wildman–Crippen MR) is 108 cm³/mol. The number of allylic oxidation sites excluding steroid dienone is 1. The molecule has 4 fully saturated rings. The molecule has 1 aromatic carbocycles. The second kappa shape index (κ2) is 6.55. The molecule has 2 atom stereocenters. The Labute approximate surface area is 167 Å². The van der Waals surface area contributed by atoms with E-state index in [4.69, 9.17) is 21.1 Å². The Morgan fingerprint density at radius 1 is 1.15 bits per heavy atom. The molecule has 0 N–H and O–H groups in total.